The summed E-state index contributed by atoms with van der Waals surface area (Å²) in [7, 11) is 1.47. The van der Waals surface area contributed by atoms with E-state index in [0.717, 1.165) is 60.3 Å². The quantitative estimate of drug-likeness (QED) is 0.172. The fourth-order valence-electron chi connectivity index (χ4n) is 6.73. The highest BCUT2D eigenvalue weighted by atomic mass is 19.1. The topological polar surface area (TPSA) is 123 Å². The predicted molar refractivity (Wildman–Crippen MR) is 174 cm³/mol. The molecule has 2 aliphatic carbocycles. The highest BCUT2D eigenvalue weighted by Crippen LogP contribution is 2.41. The average molecular weight is 625 g/mol. The third kappa shape index (κ3) is 5.99. The zero-order valence-corrected chi connectivity index (χ0v) is 25.9. The zero-order valence-electron chi connectivity index (χ0n) is 25.9. The van der Waals surface area contributed by atoms with Gasteiger partial charge in [0.2, 0.25) is 5.91 Å². The van der Waals surface area contributed by atoms with E-state index >= 15 is 0 Å². The Hall–Kier alpha value is -4.99. The van der Waals surface area contributed by atoms with Crippen molar-refractivity contribution in [1.29, 1.82) is 0 Å². The molecule has 2 fully saturated rings. The summed E-state index contributed by atoms with van der Waals surface area (Å²) in [5, 5.41) is 15.8. The second-order valence-electron chi connectivity index (χ2n) is 12.2. The SMILES string of the molecule is COc1cc(NC(=O)C2(NC(=O)c3ccc4c(c3)c(C)c(-c3ccc(F)cn3)n4C3CCCCC3)CCC2)ccc1/C=C/C(=O)O. The van der Waals surface area contributed by atoms with Crippen LogP contribution in [0.15, 0.2) is 60.8 Å². The Balaban J connectivity index is 1.27. The molecule has 0 atom stereocenters. The predicted octanol–water partition coefficient (Wildman–Crippen LogP) is 7.05. The molecule has 0 unspecified atom stereocenters. The lowest BCUT2D eigenvalue weighted by Gasteiger charge is -2.40. The number of halogens is 1. The standard InChI is InChI=1S/C36H37FN4O5/c1-22-28-19-24(10-15-30(28)41(27-7-4-3-5-8-27)33(22)29-14-12-25(37)21-38-29)34(44)40-36(17-6-18-36)35(45)39-26-13-9-23(11-16-32(42)43)31(20-26)46-2/h9-16,19-21,27H,3-8,17-18H2,1-2H3,(H,39,45)(H,40,44)(H,42,43)/b16-11+. The number of fused-ring (bicyclic) bond motifs is 1. The largest absolute Gasteiger partial charge is 0.496 e. The molecular weight excluding hydrogens is 587 g/mol. The summed E-state index contributed by atoms with van der Waals surface area (Å²) >= 11 is 0. The number of nitrogens with zero attached hydrogens (tertiary/aromatic N) is 2. The van der Waals surface area contributed by atoms with Gasteiger partial charge in [0.1, 0.15) is 17.1 Å². The van der Waals surface area contributed by atoms with Gasteiger partial charge in [-0.15, -0.1) is 0 Å². The van der Waals surface area contributed by atoms with Crippen LogP contribution in [0.25, 0.3) is 28.4 Å². The second kappa shape index (κ2) is 12.8. The Kier molecular flexibility index (Phi) is 8.62. The number of rotatable bonds is 9. The van der Waals surface area contributed by atoms with Crippen molar-refractivity contribution in [3.63, 3.8) is 0 Å². The molecule has 0 radical (unpaired) electrons. The molecule has 0 bridgehead atoms. The maximum Gasteiger partial charge on any atom is 0.328 e. The van der Waals surface area contributed by atoms with Gasteiger partial charge in [-0.2, -0.15) is 0 Å². The van der Waals surface area contributed by atoms with Gasteiger partial charge in [-0.1, -0.05) is 19.3 Å². The van der Waals surface area contributed by atoms with Crippen LogP contribution in [0.2, 0.25) is 0 Å². The van der Waals surface area contributed by atoms with Gasteiger partial charge >= 0.3 is 5.97 Å². The van der Waals surface area contributed by atoms with Crippen LogP contribution < -0.4 is 15.4 Å². The van der Waals surface area contributed by atoms with Crippen molar-refractivity contribution in [2.45, 2.75) is 69.9 Å². The highest BCUT2D eigenvalue weighted by molar-refractivity contribution is 6.06. The minimum Gasteiger partial charge on any atom is -0.496 e. The molecule has 46 heavy (non-hydrogen) atoms. The summed E-state index contributed by atoms with van der Waals surface area (Å²) in [6, 6.07) is 14.0. The van der Waals surface area contributed by atoms with E-state index in [1.54, 1.807) is 30.3 Å². The summed E-state index contributed by atoms with van der Waals surface area (Å²) in [6.07, 6.45) is 11.1. The molecule has 238 valence electrons. The normalized spacial score (nSPS) is 16.2. The first kappa shape index (κ1) is 31.0. The molecule has 2 aliphatic rings. The number of methoxy groups -OCH3 is 1. The zero-order chi connectivity index (χ0) is 32.4. The molecule has 2 aromatic heterocycles. The Labute approximate surface area is 266 Å². The van der Waals surface area contributed by atoms with Gasteiger partial charge in [0, 0.05) is 45.9 Å². The number of aliphatic carboxylic acids is 1. The van der Waals surface area contributed by atoms with E-state index in [1.807, 2.05) is 19.1 Å². The van der Waals surface area contributed by atoms with Gasteiger partial charge in [0.25, 0.3) is 5.91 Å². The Morgan fingerprint density at radius 1 is 1.04 bits per heavy atom. The molecule has 9 nitrogen and oxygen atoms in total. The summed E-state index contributed by atoms with van der Waals surface area (Å²) in [5.74, 6) is -1.73. The van der Waals surface area contributed by atoms with Crippen molar-refractivity contribution in [3.05, 3.63) is 83.3 Å². The molecule has 6 rings (SSSR count). The number of pyridine rings is 1. The number of ether oxygens (including phenoxy) is 1. The van der Waals surface area contributed by atoms with Gasteiger partial charge in [-0.3, -0.25) is 14.6 Å². The van der Waals surface area contributed by atoms with Gasteiger partial charge in [0.15, 0.2) is 0 Å². The number of anilines is 1. The van der Waals surface area contributed by atoms with Crippen LogP contribution >= 0.6 is 0 Å². The molecule has 0 saturated heterocycles. The van der Waals surface area contributed by atoms with Crippen molar-refractivity contribution in [3.8, 4) is 17.1 Å². The molecule has 0 spiro atoms. The van der Waals surface area contributed by atoms with Gasteiger partial charge in [-0.25, -0.2) is 9.18 Å². The first-order valence-electron chi connectivity index (χ1n) is 15.7. The fraction of sp³-hybridized carbons (Fsp3) is 0.333. The number of nitrogens with one attached hydrogen (secondary N) is 2. The second-order valence-corrected chi connectivity index (χ2v) is 12.2. The van der Waals surface area contributed by atoms with Crippen LogP contribution in [0.1, 0.15) is 78.9 Å². The first-order chi connectivity index (χ1) is 22.2. The number of hydrogen-bond donors (Lipinski definition) is 3. The van der Waals surface area contributed by atoms with Crippen LogP contribution in [0.5, 0.6) is 5.75 Å². The summed E-state index contributed by atoms with van der Waals surface area (Å²) in [5.41, 5.74) is 4.02. The molecule has 0 aliphatic heterocycles. The summed E-state index contributed by atoms with van der Waals surface area (Å²) < 4.78 is 21.5. The van der Waals surface area contributed by atoms with Crippen molar-refractivity contribution < 1.29 is 28.6 Å². The molecule has 2 saturated carbocycles. The minimum absolute atomic E-state index is 0.286. The molecular formula is C36H37FN4O5. The monoisotopic (exact) mass is 624 g/mol. The number of carboxylic acids is 1. The van der Waals surface area contributed by atoms with E-state index in [4.69, 9.17) is 9.84 Å². The van der Waals surface area contributed by atoms with E-state index in [1.165, 1.54) is 31.9 Å². The number of aromatic nitrogens is 2. The van der Waals surface area contributed by atoms with Crippen LogP contribution in [0.4, 0.5) is 10.1 Å². The Bertz CT molecular complexity index is 1840. The number of aryl methyl sites for hydroxylation is 1. The maximum absolute atomic E-state index is 13.8. The number of carboxylic acid groups (broad SMARTS) is 1. The maximum atomic E-state index is 13.8. The highest BCUT2D eigenvalue weighted by Gasteiger charge is 2.45. The van der Waals surface area contributed by atoms with E-state index in [-0.39, 0.29) is 17.9 Å². The number of carbonyl (C=O) groups is 3. The fourth-order valence-corrected chi connectivity index (χ4v) is 6.73. The molecule has 10 heteroatoms. The van der Waals surface area contributed by atoms with Gasteiger partial charge in [0.05, 0.1) is 24.7 Å². The Morgan fingerprint density at radius 2 is 1.83 bits per heavy atom. The summed E-state index contributed by atoms with van der Waals surface area (Å²) in [6.45, 7) is 2.02. The molecule has 3 N–H and O–H groups in total. The number of hydrogen-bond acceptors (Lipinski definition) is 5. The average Bonchev–Trinajstić information content (AvgIpc) is 3.33. The first-order valence-corrected chi connectivity index (χ1v) is 15.7. The van der Waals surface area contributed by atoms with Gasteiger partial charge in [-0.05, 0) is 93.1 Å². The van der Waals surface area contributed by atoms with E-state index < -0.39 is 17.3 Å². The van der Waals surface area contributed by atoms with Crippen molar-refractivity contribution in [2.75, 3.05) is 12.4 Å². The van der Waals surface area contributed by atoms with Gasteiger partial charge < -0.3 is 25.0 Å². The van der Waals surface area contributed by atoms with Crippen LogP contribution in [-0.2, 0) is 9.59 Å². The smallest absolute Gasteiger partial charge is 0.328 e. The van der Waals surface area contributed by atoms with E-state index in [0.29, 0.717) is 41.1 Å². The number of carbonyl (C=O) groups excluding carboxylic acids is 2. The Morgan fingerprint density at radius 3 is 2.48 bits per heavy atom. The molecule has 2 amide bonds. The molecule has 2 aromatic carbocycles. The lowest BCUT2D eigenvalue weighted by Crippen LogP contribution is -2.61. The minimum atomic E-state index is -1.08. The lowest BCUT2D eigenvalue weighted by atomic mass is 9.75. The number of benzene rings is 2. The van der Waals surface area contributed by atoms with Crippen molar-refractivity contribution in [2.24, 2.45) is 0 Å². The third-order valence-corrected chi connectivity index (χ3v) is 9.32. The van der Waals surface area contributed by atoms with Crippen molar-refractivity contribution in [1.82, 2.24) is 14.9 Å². The summed E-state index contributed by atoms with van der Waals surface area (Å²) in [4.78, 5) is 42.6. The number of amides is 2. The molecule has 4 aromatic rings. The lowest BCUT2D eigenvalue weighted by molar-refractivity contribution is -0.131. The molecule has 2 heterocycles. The van der Waals surface area contributed by atoms with Crippen molar-refractivity contribution >= 4 is 40.4 Å². The third-order valence-electron chi connectivity index (χ3n) is 9.32. The van der Waals surface area contributed by atoms with Crippen LogP contribution in [0.3, 0.4) is 0 Å². The van der Waals surface area contributed by atoms with E-state index in [9.17, 15) is 18.8 Å². The van der Waals surface area contributed by atoms with Crippen LogP contribution in [0, 0.1) is 12.7 Å². The van der Waals surface area contributed by atoms with E-state index in [2.05, 4.69) is 20.2 Å². The van der Waals surface area contributed by atoms with Crippen LogP contribution in [-0.4, -0.2) is 45.1 Å².